The van der Waals surface area contributed by atoms with Gasteiger partial charge in [0.2, 0.25) is 5.82 Å². The molecule has 6 nitrogen and oxygen atoms in total. The second kappa shape index (κ2) is 5.79. The van der Waals surface area contributed by atoms with E-state index in [-0.39, 0.29) is 0 Å². The molecule has 0 amide bonds. The molecule has 0 bridgehead atoms. The summed E-state index contributed by atoms with van der Waals surface area (Å²) in [5, 5.41) is 14.8. The molecule has 0 saturated carbocycles. The maximum Gasteiger partial charge on any atom is 0.305 e. The van der Waals surface area contributed by atoms with Crippen molar-refractivity contribution in [3.8, 4) is 0 Å². The average Bonchev–Trinajstić information content (AvgIpc) is 2.77. The SMILES string of the molecule is CN(Cc1cnn(C)c1)Cc1cccc([N+](=O)[O-])c1F. The summed E-state index contributed by atoms with van der Waals surface area (Å²) in [6.07, 6.45) is 3.61. The zero-order valence-corrected chi connectivity index (χ0v) is 11.3. The second-order valence-electron chi connectivity index (χ2n) is 4.70. The molecule has 0 aliphatic carbocycles. The summed E-state index contributed by atoms with van der Waals surface area (Å²) in [4.78, 5) is 11.9. The van der Waals surface area contributed by atoms with Gasteiger partial charge in [0.1, 0.15) is 0 Å². The topological polar surface area (TPSA) is 64.2 Å². The van der Waals surface area contributed by atoms with Crippen molar-refractivity contribution >= 4 is 5.69 Å². The summed E-state index contributed by atoms with van der Waals surface area (Å²) in [5.41, 5.74) is 0.823. The monoisotopic (exact) mass is 278 g/mol. The largest absolute Gasteiger partial charge is 0.305 e. The molecule has 0 atom stereocenters. The van der Waals surface area contributed by atoms with E-state index in [0.717, 1.165) is 5.56 Å². The molecule has 0 aliphatic heterocycles. The molecule has 1 heterocycles. The molecule has 0 unspecified atom stereocenters. The number of nitro groups is 1. The number of hydrogen-bond donors (Lipinski definition) is 0. The van der Waals surface area contributed by atoms with E-state index in [2.05, 4.69) is 5.10 Å². The van der Waals surface area contributed by atoms with Crippen LogP contribution in [0.4, 0.5) is 10.1 Å². The first-order chi connectivity index (χ1) is 9.47. The molecule has 0 aliphatic rings. The molecule has 2 aromatic rings. The molecule has 0 N–H and O–H groups in total. The molecule has 1 aromatic carbocycles. The van der Waals surface area contributed by atoms with Crippen LogP contribution in [0.15, 0.2) is 30.6 Å². The molecular formula is C13H15FN4O2. The number of nitrogens with zero attached hydrogens (tertiary/aromatic N) is 4. The highest BCUT2D eigenvalue weighted by atomic mass is 19.1. The summed E-state index contributed by atoms with van der Waals surface area (Å²) in [5.74, 6) is -0.768. The molecule has 106 valence electrons. The van der Waals surface area contributed by atoms with Crippen molar-refractivity contribution in [1.29, 1.82) is 0 Å². The minimum absolute atomic E-state index is 0.294. The Labute approximate surface area is 115 Å². The van der Waals surface area contributed by atoms with Crippen molar-refractivity contribution in [2.24, 2.45) is 7.05 Å². The summed E-state index contributed by atoms with van der Waals surface area (Å²) in [6.45, 7) is 0.887. The molecule has 7 heteroatoms. The van der Waals surface area contributed by atoms with Crippen LogP contribution in [0.1, 0.15) is 11.1 Å². The molecule has 1 aromatic heterocycles. The molecule has 0 saturated heterocycles. The molecular weight excluding hydrogens is 263 g/mol. The lowest BCUT2D eigenvalue weighted by molar-refractivity contribution is -0.387. The van der Waals surface area contributed by atoms with E-state index in [1.165, 1.54) is 12.1 Å². The highest BCUT2D eigenvalue weighted by Crippen LogP contribution is 2.21. The summed E-state index contributed by atoms with van der Waals surface area (Å²) < 4.78 is 15.6. The van der Waals surface area contributed by atoms with Gasteiger partial charge in [-0.3, -0.25) is 19.7 Å². The number of aromatic nitrogens is 2. The Morgan fingerprint density at radius 1 is 1.45 bits per heavy atom. The Hall–Kier alpha value is -2.28. The quantitative estimate of drug-likeness (QED) is 0.620. The van der Waals surface area contributed by atoms with Gasteiger partial charge in [-0.2, -0.15) is 9.49 Å². The molecule has 0 spiro atoms. The maximum atomic E-state index is 13.9. The van der Waals surface area contributed by atoms with Crippen LogP contribution in [-0.4, -0.2) is 26.7 Å². The van der Waals surface area contributed by atoms with E-state index in [0.29, 0.717) is 18.7 Å². The van der Waals surface area contributed by atoms with Gasteiger partial charge in [-0.25, -0.2) is 0 Å². The Bertz CT molecular complexity index is 627. The predicted octanol–water partition coefficient (Wildman–Crippen LogP) is 2.10. The van der Waals surface area contributed by atoms with Crippen molar-refractivity contribution in [1.82, 2.24) is 14.7 Å². The number of nitro benzene ring substituents is 1. The van der Waals surface area contributed by atoms with E-state index in [1.807, 2.05) is 25.2 Å². The third kappa shape index (κ3) is 3.18. The van der Waals surface area contributed by atoms with Gasteiger partial charge >= 0.3 is 5.69 Å². The van der Waals surface area contributed by atoms with Crippen LogP contribution in [0.2, 0.25) is 0 Å². The van der Waals surface area contributed by atoms with Crippen LogP contribution < -0.4 is 0 Å². The predicted molar refractivity (Wildman–Crippen MR) is 71.4 cm³/mol. The zero-order valence-electron chi connectivity index (χ0n) is 11.3. The van der Waals surface area contributed by atoms with Gasteiger partial charge in [-0.15, -0.1) is 0 Å². The van der Waals surface area contributed by atoms with Crippen molar-refractivity contribution in [2.45, 2.75) is 13.1 Å². The van der Waals surface area contributed by atoms with Gasteiger partial charge in [-0.1, -0.05) is 12.1 Å². The smallest absolute Gasteiger partial charge is 0.298 e. The Morgan fingerprint density at radius 3 is 2.80 bits per heavy atom. The number of benzene rings is 1. The minimum atomic E-state index is -0.768. The van der Waals surface area contributed by atoms with E-state index in [4.69, 9.17) is 0 Å². The summed E-state index contributed by atoms with van der Waals surface area (Å²) in [6, 6.07) is 4.22. The average molecular weight is 278 g/mol. The number of aryl methyl sites for hydroxylation is 1. The first-order valence-electron chi connectivity index (χ1n) is 6.05. The standard InChI is InChI=1S/C13H15FN4O2/c1-16(7-10-6-15-17(2)8-10)9-11-4-3-5-12(13(11)14)18(19)20/h3-6,8H,7,9H2,1-2H3. The lowest BCUT2D eigenvalue weighted by atomic mass is 10.1. The van der Waals surface area contributed by atoms with Crippen LogP contribution >= 0.6 is 0 Å². The van der Waals surface area contributed by atoms with Crippen molar-refractivity contribution < 1.29 is 9.31 Å². The Morgan fingerprint density at radius 2 is 2.20 bits per heavy atom. The molecule has 2 rings (SSSR count). The van der Waals surface area contributed by atoms with Crippen molar-refractivity contribution in [2.75, 3.05) is 7.05 Å². The molecule has 0 fully saturated rings. The lowest BCUT2D eigenvalue weighted by Gasteiger charge is -2.16. The fourth-order valence-electron chi connectivity index (χ4n) is 2.04. The van der Waals surface area contributed by atoms with Crippen molar-refractivity contribution in [3.63, 3.8) is 0 Å². The van der Waals surface area contributed by atoms with Crippen LogP contribution in [0, 0.1) is 15.9 Å². The summed E-state index contributed by atoms with van der Waals surface area (Å²) in [7, 11) is 3.65. The Balaban J connectivity index is 2.09. The molecule has 20 heavy (non-hydrogen) atoms. The van der Waals surface area contributed by atoms with E-state index >= 15 is 0 Å². The number of halogens is 1. The minimum Gasteiger partial charge on any atom is -0.298 e. The first kappa shape index (κ1) is 14.1. The normalized spacial score (nSPS) is 11.0. The van der Waals surface area contributed by atoms with Crippen molar-refractivity contribution in [3.05, 3.63) is 57.7 Å². The van der Waals surface area contributed by atoms with Crippen LogP contribution in [0.5, 0.6) is 0 Å². The third-order valence-corrected chi connectivity index (χ3v) is 2.91. The van der Waals surface area contributed by atoms with Gasteiger partial charge in [0.15, 0.2) is 0 Å². The third-order valence-electron chi connectivity index (χ3n) is 2.91. The maximum absolute atomic E-state index is 13.9. The highest BCUT2D eigenvalue weighted by molar-refractivity contribution is 5.36. The summed E-state index contributed by atoms with van der Waals surface area (Å²) >= 11 is 0. The zero-order chi connectivity index (χ0) is 14.7. The van der Waals surface area contributed by atoms with Gasteiger partial charge < -0.3 is 0 Å². The fraction of sp³-hybridized carbons (Fsp3) is 0.308. The van der Waals surface area contributed by atoms with E-state index in [1.54, 1.807) is 16.9 Å². The number of hydrogen-bond acceptors (Lipinski definition) is 4. The van der Waals surface area contributed by atoms with Gasteiger partial charge in [0.25, 0.3) is 0 Å². The van der Waals surface area contributed by atoms with Gasteiger partial charge in [0, 0.05) is 43.5 Å². The van der Waals surface area contributed by atoms with Crippen LogP contribution in [0.25, 0.3) is 0 Å². The van der Waals surface area contributed by atoms with Crippen LogP contribution in [0.3, 0.4) is 0 Å². The lowest BCUT2D eigenvalue weighted by Crippen LogP contribution is -2.18. The van der Waals surface area contributed by atoms with E-state index in [9.17, 15) is 14.5 Å². The van der Waals surface area contributed by atoms with E-state index < -0.39 is 16.4 Å². The number of rotatable bonds is 5. The van der Waals surface area contributed by atoms with Gasteiger partial charge in [0.05, 0.1) is 11.1 Å². The fourth-order valence-corrected chi connectivity index (χ4v) is 2.04. The second-order valence-corrected chi connectivity index (χ2v) is 4.70. The Kier molecular flexibility index (Phi) is 4.09. The van der Waals surface area contributed by atoms with Gasteiger partial charge in [-0.05, 0) is 7.05 Å². The molecule has 0 radical (unpaired) electrons. The first-order valence-corrected chi connectivity index (χ1v) is 6.05. The highest BCUT2D eigenvalue weighted by Gasteiger charge is 2.18. The van der Waals surface area contributed by atoms with Crippen LogP contribution in [-0.2, 0) is 20.1 Å².